The summed E-state index contributed by atoms with van der Waals surface area (Å²) < 4.78 is 25.0. The number of halogens is 2. The molecule has 1 aliphatic heterocycles. The minimum atomic E-state index is -2.65. The van der Waals surface area contributed by atoms with Crippen molar-refractivity contribution in [1.82, 2.24) is 14.9 Å². The van der Waals surface area contributed by atoms with Crippen molar-refractivity contribution < 1.29 is 13.6 Å². The first kappa shape index (κ1) is 15.1. The van der Waals surface area contributed by atoms with Gasteiger partial charge < -0.3 is 10.6 Å². The Morgan fingerprint density at radius 2 is 1.86 bits per heavy atom. The average molecular weight is 311 g/mol. The largest absolute Gasteiger partial charge is 0.328 e. The molecule has 3 rings (SSSR count). The standard InChI is InChI=1S/C14H19F2N5O/c15-13(16)11-7-19-12(8-18-11)21-6-5-20(14(21)22)10-3-1-9(17)2-4-10/h7-10,13H,1-6,17H2. The Bertz CT molecular complexity index is 531. The van der Waals surface area contributed by atoms with Crippen LogP contribution in [0.3, 0.4) is 0 Å². The maximum absolute atomic E-state index is 12.5. The molecule has 0 atom stereocenters. The van der Waals surface area contributed by atoms with Crippen LogP contribution in [0.4, 0.5) is 19.4 Å². The molecule has 1 saturated heterocycles. The molecule has 1 aromatic rings. The van der Waals surface area contributed by atoms with Crippen molar-refractivity contribution in [2.24, 2.45) is 5.73 Å². The highest BCUT2D eigenvalue weighted by molar-refractivity contribution is 5.93. The van der Waals surface area contributed by atoms with E-state index in [4.69, 9.17) is 5.73 Å². The molecule has 120 valence electrons. The van der Waals surface area contributed by atoms with Crippen molar-refractivity contribution in [2.45, 2.75) is 44.2 Å². The number of anilines is 1. The zero-order valence-electron chi connectivity index (χ0n) is 12.2. The van der Waals surface area contributed by atoms with Crippen molar-refractivity contribution in [3.8, 4) is 0 Å². The third-order valence-electron chi connectivity index (χ3n) is 4.38. The summed E-state index contributed by atoms with van der Waals surface area (Å²) in [6.45, 7) is 1.13. The van der Waals surface area contributed by atoms with Crippen LogP contribution in [0.25, 0.3) is 0 Å². The van der Waals surface area contributed by atoms with Crippen molar-refractivity contribution in [1.29, 1.82) is 0 Å². The lowest BCUT2D eigenvalue weighted by Gasteiger charge is -2.33. The van der Waals surface area contributed by atoms with Crippen LogP contribution in [-0.4, -0.2) is 46.1 Å². The van der Waals surface area contributed by atoms with Gasteiger partial charge in [0.1, 0.15) is 5.69 Å². The van der Waals surface area contributed by atoms with Gasteiger partial charge in [-0.2, -0.15) is 0 Å². The van der Waals surface area contributed by atoms with Gasteiger partial charge in [-0.1, -0.05) is 0 Å². The van der Waals surface area contributed by atoms with E-state index >= 15 is 0 Å². The minimum absolute atomic E-state index is 0.125. The second-order valence-corrected chi connectivity index (χ2v) is 5.80. The second kappa shape index (κ2) is 6.12. The van der Waals surface area contributed by atoms with Crippen molar-refractivity contribution in [2.75, 3.05) is 18.0 Å². The van der Waals surface area contributed by atoms with Gasteiger partial charge in [-0.3, -0.25) is 4.90 Å². The van der Waals surface area contributed by atoms with Crippen molar-refractivity contribution in [3.05, 3.63) is 18.1 Å². The first-order valence-corrected chi connectivity index (χ1v) is 7.50. The van der Waals surface area contributed by atoms with Crippen LogP contribution < -0.4 is 10.6 Å². The fraction of sp³-hybridized carbons (Fsp3) is 0.643. The quantitative estimate of drug-likeness (QED) is 0.925. The molecule has 1 saturated carbocycles. The van der Waals surface area contributed by atoms with Gasteiger partial charge in [-0.05, 0) is 25.7 Å². The van der Waals surface area contributed by atoms with E-state index < -0.39 is 6.43 Å². The van der Waals surface area contributed by atoms with Gasteiger partial charge in [0.2, 0.25) is 0 Å². The number of carbonyl (C=O) groups is 1. The van der Waals surface area contributed by atoms with Gasteiger partial charge in [0, 0.05) is 25.2 Å². The molecule has 0 unspecified atom stereocenters. The Kier molecular flexibility index (Phi) is 4.19. The fourth-order valence-electron chi connectivity index (χ4n) is 3.10. The summed E-state index contributed by atoms with van der Waals surface area (Å²) in [4.78, 5) is 23.5. The third kappa shape index (κ3) is 2.87. The SMILES string of the molecule is NC1CCC(N2CCN(c3cnc(C(F)F)cn3)C2=O)CC1. The maximum atomic E-state index is 12.5. The Labute approximate surface area is 127 Å². The van der Waals surface area contributed by atoms with Crippen molar-refractivity contribution >= 4 is 11.8 Å². The summed E-state index contributed by atoms with van der Waals surface area (Å²) >= 11 is 0. The number of nitrogens with zero attached hydrogens (tertiary/aromatic N) is 4. The number of carbonyl (C=O) groups excluding carboxylic acids is 1. The molecule has 1 aliphatic carbocycles. The number of nitrogens with two attached hydrogens (primary N) is 1. The molecule has 6 nitrogen and oxygen atoms in total. The van der Waals surface area contributed by atoms with Gasteiger partial charge in [0.15, 0.2) is 5.82 Å². The summed E-state index contributed by atoms with van der Waals surface area (Å²) in [6, 6.07) is 0.322. The fourth-order valence-corrected chi connectivity index (χ4v) is 3.10. The lowest BCUT2D eigenvalue weighted by Crippen LogP contribution is -2.43. The van der Waals surface area contributed by atoms with Crippen molar-refractivity contribution in [3.63, 3.8) is 0 Å². The smallest absolute Gasteiger partial charge is 0.326 e. The number of rotatable bonds is 3. The summed E-state index contributed by atoms with van der Waals surface area (Å²) in [7, 11) is 0. The van der Waals surface area contributed by atoms with Crippen LogP contribution >= 0.6 is 0 Å². The monoisotopic (exact) mass is 311 g/mol. The molecule has 0 radical (unpaired) electrons. The lowest BCUT2D eigenvalue weighted by molar-refractivity contribution is 0.145. The Hall–Kier alpha value is -1.83. The number of alkyl halides is 2. The number of aromatic nitrogens is 2. The van der Waals surface area contributed by atoms with Crippen LogP contribution in [0.2, 0.25) is 0 Å². The highest BCUT2D eigenvalue weighted by Crippen LogP contribution is 2.27. The predicted molar refractivity (Wildman–Crippen MR) is 76.7 cm³/mol. The van der Waals surface area contributed by atoms with Crippen LogP contribution in [0.1, 0.15) is 37.8 Å². The van der Waals surface area contributed by atoms with E-state index in [1.165, 1.54) is 11.1 Å². The molecule has 0 aromatic carbocycles. The molecule has 2 fully saturated rings. The number of hydrogen-bond donors (Lipinski definition) is 1. The van der Waals surface area contributed by atoms with Gasteiger partial charge in [-0.25, -0.2) is 23.5 Å². The summed E-state index contributed by atoms with van der Waals surface area (Å²) in [5.41, 5.74) is 5.51. The van der Waals surface area contributed by atoms with Crippen LogP contribution in [0.15, 0.2) is 12.4 Å². The van der Waals surface area contributed by atoms with E-state index in [0.29, 0.717) is 18.9 Å². The molecule has 2 N–H and O–H groups in total. The molecule has 2 heterocycles. The predicted octanol–water partition coefficient (Wildman–Crippen LogP) is 1.93. The number of hydrogen-bond acceptors (Lipinski definition) is 4. The molecule has 8 heteroatoms. The summed E-state index contributed by atoms with van der Waals surface area (Å²) in [5.74, 6) is 0.324. The molecular formula is C14H19F2N5O. The minimum Gasteiger partial charge on any atom is -0.328 e. The average Bonchev–Trinajstić information content (AvgIpc) is 2.90. The topological polar surface area (TPSA) is 75.3 Å². The van der Waals surface area contributed by atoms with E-state index in [9.17, 15) is 13.6 Å². The van der Waals surface area contributed by atoms with Crippen LogP contribution in [-0.2, 0) is 0 Å². The normalized spacial score (nSPS) is 26.1. The highest BCUT2D eigenvalue weighted by Gasteiger charge is 2.36. The van der Waals surface area contributed by atoms with E-state index in [0.717, 1.165) is 31.9 Å². The number of urea groups is 1. The van der Waals surface area contributed by atoms with Gasteiger partial charge in [-0.15, -0.1) is 0 Å². The first-order chi connectivity index (χ1) is 10.6. The van der Waals surface area contributed by atoms with Crippen LogP contribution in [0, 0.1) is 0 Å². The highest BCUT2D eigenvalue weighted by atomic mass is 19.3. The van der Waals surface area contributed by atoms with Gasteiger partial charge in [0.05, 0.1) is 12.4 Å². The summed E-state index contributed by atoms with van der Waals surface area (Å²) in [6.07, 6.45) is 3.29. The molecule has 2 amide bonds. The van der Waals surface area contributed by atoms with E-state index in [-0.39, 0.29) is 23.8 Å². The zero-order chi connectivity index (χ0) is 15.7. The third-order valence-corrected chi connectivity index (χ3v) is 4.38. The van der Waals surface area contributed by atoms with Gasteiger partial charge in [0.25, 0.3) is 6.43 Å². The molecule has 0 spiro atoms. The maximum Gasteiger partial charge on any atom is 0.326 e. The van der Waals surface area contributed by atoms with E-state index in [1.54, 1.807) is 0 Å². The Balaban J connectivity index is 1.68. The molecule has 1 aromatic heterocycles. The molecule has 22 heavy (non-hydrogen) atoms. The molecule has 2 aliphatic rings. The Morgan fingerprint density at radius 1 is 1.14 bits per heavy atom. The van der Waals surface area contributed by atoms with E-state index in [2.05, 4.69) is 9.97 Å². The first-order valence-electron chi connectivity index (χ1n) is 7.50. The zero-order valence-corrected chi connectivity index (χ0v) is 12.2. The van der Waals surface area contributed by atoms with E-state index in [1.807, 2.05) is 4.90 Å². The Morgan fingerprint density at radius 3 is 2.45 bits per heavy atom. The second-order valence-electron chi connectivity index (χ2n) is 5.80. The van der Waals surface area contributed by atoms with Crippen LogP contribution in [0.5, 0.6) is 0 Å². The number of amides is 2. The molecular weight excluding hydrogens is 292 g/mol. The summed E-state index contributed by atoms with van der Waals surface area (Å²) in [5, 5.41) is 0. The lowest BCUT2D eigenvalue weighted by atomic mass is 9.91. The molecule has 0 bridgehead atoms. The van der Waals surface area contributed by atoms with Gasteiger partial charge >= 0.3 is 6.03 Å².